The number of benzene rings is 2. The maximum absolute atomic E-state index is 13.1. The summed E-state index contributed by atoms with van der Waals surface area (Å²) < 4.78 is 18.8. The van der Waals surface area contributed by atoms with E-state index in [9.17, 15) is 14.0 Å². The zero-order valence-corrected chi connectivity index (χ0v) is 16.4. The van der Waals surface area contributed by atoms with Gasteiger partial charge in [-0.25, -0.2) is 4.39 Å². The molecule has 0 radical (unpaired) electrons. The third kappa shape index (κ3) is 4.00. The Balaban J connectivity index is 1.54. The molecular weight excluding hydrogens is 391 g/mol. The van der Waals surface area contributed by atoms with Gasteiger partial charge in [0, 0.05) is 4.88 Å². The number of aryl methyl sites for hydroxylation is 1. The smallest absolute Gasteiger partial charge is 0.260 e. The average Bonchev–Trinajstić information content (AvgIpc) is 3.28. The highest BCUT2D eigenvalue weighted by molar-refractivity contribution is 7.17. The Labute approximate surface area is 171 Å². The number of carbonyl (C=O) groups is 2. The van der Waals surface area contributed by atoms with Gasteiger partial charge in [0.2, 0.25) is 0 Å². The van der Waals surface area contributed by atoms with E-state index in [1.807, 2.05) is 0 Å². The second-order valence-electron chi connectivity index (χ2n) is 6.79. The Bertz CT molecular complexity index is 1080. The van der Waals surface area contributed by atoms with E-state index >= 15 is 0 Å². The van der Waals surface area contributed by atoms with Crippen molar-refractivity contribution in [1.29, 1.82) is 0 Å². The first-order valence-corrected chi connectivity index (χ1v) is 10.1. The van der Waals surface area contributed by atoms with Crippen LogP contribution in [0.2, 0.25) is 0 Å². The molecule has 148 valence electrons. The van der Waals surface area contributed by atoms with Gasteiger partial charge in [0.05, 0.1) is 11.1 Å². The van der Waals surface area contributed by atoms with Crippen molar-refractivity contribution >= 4 is 28.2 Å². The minimum Gasteiger partial charge on any atom is -0.488 e. The number of nitrogens with one attached hydrogen (secondary N) is 1. The number of rotatable bonds is 6. The molecule has 2 amide bonds. The van der Waals surface area contributed by atoms with Crippen molar-refractivity contribution in [1.82, 2.24) is 0 Å². The van der Waals surface area contributed by atoms with Crippen molar-refractivity contribution in [2.75, 3.05) is 5.32 Å². The van der Waals surface area contributed by atoms with Crippen molar-refractivity contribution in [3.63, 3.8) is 0 Å². The van der Waals surface area contributed by atoms with Crippen LogP contribution < -0.4 is 15.8 Å². The lowest BCUT2D eigenvalue weighted by atomic mass is 10.1. The Morgan fingerprint density at radius 2 is 1.86 bits per heavy atom. The van der Waals surface area contributed by atoms with Crippen LogP contribution in [-0.4, -0.2) is 11.8 Å². The second kappa shape index (κ2) is 8.05. The third-order valence-corrected chi connectivity index (χ3v) is 6.04. The number of ether oxygens (including phenoxy) is 1. The molecule has 1 heterocycles. The van der Waals surface area contributed by atoms with E-state index in [-0.39, 0.29) is 18.3 Å². The second-order valence-corrected chi connectivity index (χ2v) is 7.90. The molecule has 2 aromatic carbocycles. The number of nitrogens with two attached hydrogens (primary N) is 1. The minimum absolute atomic E-state index is 0.199. The number of thiophene rings is 1. The predicted molar refractivity (Wildman–Crippen MR) is 110 cm³/mol. The van der Waals surface area contributed by atoms with Crippen LogP contribution in [0.4, 0.5) is 9.39 Å². The normalized spacial score (nSPS) is 12.4. The molecule has 4 rings (SSSR count). The van der Waals surface area contributed by atoms with E-state index in [2.05, 4.69) is 5.32 Å². The molecule has 0 bridgehead atoms. The van der Waals surface area contributed by atoms with E-state index in [0.29, 0.717) is 21.9 Å². The van der Waals surface area contributed by atoms with E-state index in [0.717, 1.165) is 35.3 Å². The van der Waals surface area contributed by atoms with Gasteiger partial charge in [-0.1, -0.05) is 24.3 Å². The molecule has 5 nitrogen and oxygen atoms in total. The van der Waals surface area contributed by atoms with Gasteiger partial charge in [-0.2, -0.15) is 0 Å². The van der Waals surface area contributed by atoms with Crippen molar-refractivity contribution < 1.29 is 18.7 Å². The molecule has 0 saturated carbocycles. The van der Waals surface area contributed by atoms with Crippen LogP contribution in [0.1, 0.15) is 43.1 Å². The Kier molecular flexibility index (Phi) is 5.31. The highest BCUT2D eigenvalue weighted by atomic mass is 32.1. The predicted octanol–water partition coefficient (Wildman–Crippen LogP) is 4.31. The van der Waals surface area contributed by atoms with E-state index in [1.165, 1.54) is 23.5 Å². The maximum Gasteiger partial charge on any atom is 0.260 e. The maximum atomic E-state index is 13.1. The highest BCUT2D eigenvalue weighted by Crippen LogP contribution is 2.39. The summed E-state index contributed by atoms with van der Waals surface area (Å²) in [6, 6.07) is 12.8. The Morgan fingerprint density at radius 1 is 1.10 bits per heavy atom. The fourth-order valence-electron chi connectivity index (χ4n) is 3.45. The molecule has 0 saturated heterocycles. The summed E-state index contributed by atoms with van der Waals surface area (Å²) in [4.78, 5) is 25.9. The third-order valence-electron chi connectivity index (χ3n) is 4.83. The molecule has 1 aliphatic carbocycles. The minimum atomic E-state index is -0.527. The van der Waals surface area contributed by atoms with Gasteiger partial charge in [0.25, 0.3) is 11.8 Å². The lowest BCUT2D eigenvalue weighted by molar-refractivity contribution is 0.100. The largest absolute Gasteiger partial charge is 0.488 e. The fourth-order valence-corrected chi connectivity index (χ4v) is 4.73. The van der Waals surface area contributed by atoms with Gasteiger partial charge in [0.15, 0.2) is 0 Å². The fraction of sp³-hybridized carbons (Fsp3) is 0.182. The van der Waals surface area contributed by atoms with Crippen molar-refractivity contribution in [3.8, 4) is 5.75 Å². The SMILES string of the molecule is NC(=O)c1c(NC(=O)c2ccccc2OCc2ccc(F)cc2)sc2c1CCC2. The van der Waals surface area contributed by atoms with Crippen molar-refractivity contribution in [2.24, 2.45) is 5.73 Å². The number of amides is 2. The molecule has 0 aliphatic heterocycles. The molecule has 1 aromatic heterocycles. The standard InChI is InChI=1S/C22H19FN2O3S/c23-14-10-8-13(9-11-14)12-28-17-6-2-1-4-15(17)21(27)25-22-19(20(24)26)16-5-3-7-18(16)29-22/h1-2,4,6,8-11H,3,5,7,12H2,(H2,24,26)(H,25,27). The summed E-state index contributed by atoms with van der Waals surface area (Å²) in [7, 11) is 0. The first-order chi connectivity index (χ1) is 14.0. The summed E-state index contributed by atoms with van der Waals surface area (Å²) >= 11 is 1.41. The summed E-state index contributed by atoms with van der Waals surface area (Å²) in [5.74, 6) is -0.816. The molecule has 3 N–H and O–H groups in total. The number of carbonyl (C=O) groups excluding carboxylic acids is 2. The van der Waals surface area contributed by atoms with E-state index < -0.39 is 5.91 Å². The number of halogens is 1. The number of para-hydroxylation sites is 1. The molecule has 3 aromatic rings. The van der Waals surface area contributed by atoms with Gasteiger partial charge in [0.1, 0.15) is 23.2 Å². The topological polar surface area (TPSA) is 81.4 Å². The molecule has 0 unspecified atom stereocenters. The highest BCUT2D eigenvalue weighted by Gasteiger charge is 2.26. The van der Waals surface area contributed by atoms with Gasteiger partial charge in [-0.15, -0.1) is 11.3 Å². The van der Waals surface area contributed by atoms with Gasteiger partial charge in [-0.05, 0) is 54.7 Å². The van der Waals surface area contributed by atoms with Crippen LogP contribution in [0.15, 0.2) is 48.5 Å². The molecular formula is C22H19FN2O3S. The van der Waals surface area contributed by atoms with Crippen molar-refractivity contribution in [2.45, 2.75) is 25.9 Å². The number of hydrogen-bond donors (Lipinski definition) is 2. The van der Waals surface area contributed by atoms with Crippen LogP contribution in [0.25, 0.3) is 0 Å². The van der Waals surface area contributed by atoms with Crippen molar-refractivity contribution in [3.05, 3.63) is 81.5 Å². The van der Waals surface area contributed by atoms with Crippen LogP contribution in [0, 0.1) is 5.82 Å². The molecule has 0 fully saturated rings. The lowest BCUT2D eigenvalue weighted by Gasteiger charge is -2.12. The lowest BCUT2D eigenvalue weighted by Crippen LogP contribution is -2.18. The first-order valence-electron chi connectivity index (χ1n) is 9.25. The number of hydrogen-bond acceptors (Lipinski definition) is 4. The Hall–Kier alpha value is -3.19. The van der Waals surface area contributed by atoms with Crippen LogP contribution in [0.3, 0.4) is 0 Å². The summed E-state index contributed by atoms with van der Waals surface area (Å²) in [6.45, 7) is 0.199. The van der Waals surface area contributed by atoms with E-state index in [4.69, 9.17) is 10.5 Å². The zero-order valence-electron chi connectivity index (χ0n) is 15.5. The number of primary amides is 1. The van der Waals surface area contributed by atoms with Gasteiger partial charge < -0.3 is 15.8 Å². The molecule has 1 aliphatic rings. The summed E-state index contributed by atoms with van der Waals surface area (Å²) in [5, 5.41) is 3.32. The zero-order chi connectivity index (χ0) is 20.4. The summed E-state index contributed by atoms with van der Waals surface area (Å²) in [6.07, 6.45) is 2.70. The van der Waals surface area contributed by atoms with Crippen LogP contribution in [0.5, 0.6) is 5.75 Å². The number of fused-ring (bicyclic) bond motifs is 1. The van der Waals surface area contributed by atoms with E-state index in [1.54, 1.807) is 36.4 Å². The number of anilines is 1. The summed E-state index contributed by atoms with van der Waals surface area (Å²) in [5.41, 5.74) is 8.07. The Morgan fingerprint density at radius 3 is 2.62 bits per heavy atom. The van der Waals surface area contributed by atoms with Crippen LogP contribution >= 0.6 is 11.3 Å². The average molecular weight is 410 g/mol. The van der Waals surface area contributed by atoms with Crippen LogP contribution in [-0.2, 0) is 19.4 Å². The van der Waals surface area contributed by atoms with Gasteiger partial charge >= 0.3 is 0 Å². The molecule has 0 spiro atoms. The van der Waals surface area contributed by atoms with Gasteiger partial charge in [-0.3, -0.25) is 9.59 Å². The first kappa shape index (κ1) is 19.1. The quantitative estimate of drug-likeness (QED) is 0.635. The molecule has 0 atom stereocenters. The molecule has 29 heavy (non-hydrogen) atoms. The molecule has 7 heteroatoms. The monoisotopic (exact) mass is 410 g/mol.